The van der Waals surface area contributed by atoms with Crippen molar-refractivity contribution in [3.05, 3.63) is 12.7 Å². The molecule has 3 rings (SSSR count). The number of ether oxygens (including phenoxy) is 1. The first-order valence-electron chi connectivity index (χ1n) is 3.79. The molecule has 3 heterocycles. The Labute approximate surface area is 79.5 Å². The van der Waals surface area contributed by atoms with Gasteiger partial charge in [0.15, 0.2) is 0 Å². The van der Waals surface area contributed by atoms with Crippen molar-refractivity contribution in [2.24, 2.45) is 0 Å². The van der Waals surface area contributed by atoms with Gasteiger partial charge in [-0.3, -0.25) is 0 Å². The van der Waals surface area contributed by atoms with Gasteiger partial charge in [-0.05, 0) is 0 Å². The molecule has 0 aromatic heterocycles. The molecule has 0 saturated carbocycles. The summed E-state index contributed by atoms with van der Waals surface area (Å²) in [6, 6.07) is 0. The fraction of sp³-hybridized carbons (Fsp3) is 0.667. The SMILES string of the molecule is C=CCOCC1(O)OP2(=O)OC1(O)O2. The summed E-state index contributed by atoms with van der Waals surface area (Å²) < 4.78 is 29.2. The summed E-state index contributed by atoms with van der Waals surface area (Å²) in [5.74, 6) is -4.63. The molecule has 7 nitrogen and oxygen atoms in total. The largest absolute Gasteiger partial charge is 0.486 e. The molecule has 0 spiro atoms. The summed E-state index contributed by atoms with van der Waals surface area (Å²) in [6.45, 7) is 3.09. The summed E-state index contributed by atoms with van der Waals surface area (Å²) in [5, 5.41) is 18.9. The minimum Gasteiger partial charge on any atom is -0.371 e. The van der Waals surface area contributed by atoms with E-state index in [1.165, 1.54) is 6.08 Å². The van der Waals surface area contributed by atoms with Crippen molar-refractivity contribution >= 4 is 7.82 Å². The first-order chi connectivity index (χ1) is 6.43. The molecular weight excluding hydrogens is 215 g/mol. The Hall–Kier alpha value is -0.270. The zero-order valence-electron chi connectivity index (χ0n) is 7.08. The second-order valence-corrected chi connectivity index (χ2v) is 4.33. The molecule has 3 fully saturated rings. The minimum atomic E-state index is -3.74. The Kier molecular flexibility index (Phi) is 2.10. The Morgan fingerprint density at radius 2 is 2.07 bits per heavy atom. The second-order valence-electron chi connectivity index (χ2n) is 2.89. The van der Waals surface area contributed by atoms with Crippen LogP contribution in [-0.4, -0.2) is 35.2 Å². The number of phosphoric ester groups is 1. The average Bonchev–Trinajstić information content (AvgIpc) is 2.30. The van der Waals surface area contributed by atoms with Crippen molar-refractivity contribution in [1.29, 1.82) is 0 Å². The van der Waals surface area contributed by atoms with E-state index in [1.54, 1.807) is 0 Å². The van der Waals surface area contributed by atoms with Crippen LogP contribution in [0.4, 0.5) is 0 Å². The summed E-state index contributed by atoms with van der Waals surface area (Å²) in [4.78, 5) is 0. The molecule has 8 heteroatoms. The van der Waals surface area contributed by atoms with Gasteiger partial charge in [0.2, 0.25) is 0 Å². The normalized spacial score (nSPS) is 50.1. The minimum absolute atomic E-state index is 0.145. The molecule has 0 amide bonds. The lowest BCUT2D eigenvalue weighted by Gasteiger charge is -2.32. The Balaban J connectivity index is 2.03. The summed E-state index contributed by atoms with van der Waals surface area (Å²) in [6.07, 6.45) is 1.44. The molecule has 3 saturated heterocycles. The van der Waals surface area contributed by atoms with Gasteiger partial charge in [0.1, 0.15) is 6.61 Å². The molecule has 80 valence electrons. The highest BCUT2D eigenvalue weighted by atomic mass is 31.2. The van der Waals surface area contributed by atoms with Crippen molar-refractivity contribution in [3.63, 3.8) is 0 Å². The third kappa shape index (κ3) is 1.26. The van der Waals surface area contributed by atoms with Crippen LogP contribution in [0.3, 0.4) is 0 Å². The number of fused-ring (bicyclic) bond motifs is 1. The van der Waals surface area contributed by atoms with Crippen molar-refractivity contribution in [1.82, 2.24) is 0 Å². The van der Waals surface area contributed by atoms with Crippen molar-refractivity contribution in [2.45, 2.75) is 11.8 Å². The zero-order chi connectivity index (χ0) is 10.4. The van der Waals surface area contributed by atoms with Gasteiger partial charge in [-0.25, -0.2) is 18.1 Å². The molecule has 0 aromatic carbocycles. The number of hydrogen-bond donors (Lipinski definition) is 2. The van der Waals surface area contributed by atoms with E-state index in [0.29, 0.717) is 0 Å². The molecule has 3 aliphatic rings. The van der Waals surface area contributed by atoms with Gasteiger partial charge in [-0.2, -0.15) is 0 Å². The van der Waals surface area contributed by atoms with Crippen LogP contribution in [0.15, 0.2) is 12.7 Å². The monoisotopic (exact) mass is 224 g/mol. The third-order valence-electron chi connectivity index (χ3n) is 1.76. The quantitative estimate of drug-likeness (QED) is 0.385. The Morgan fingerprint density at radius 1 is 1.43 bits per heavy atom. The molecule has 2 bridgehead atoms. The maximum atomic E-state index is 11.1. The van der Waals surface area contributed by atoms with Crippen LogP contribution in [0.1, 0.15) is 0 Å². The Morgan fingerprint density at radius 3 is 2.50 bits per heavy atom. The fourth-order valence-corrected chi connectivity index (χ4v) is 2.65. The highest BCUT2D eigenvalue weighted by Gasteiger charge is 2.80. The smallest absolute Gasteiger partial charge is 0.371 e. The molecule has 3 aliphatic heterocycles. The molecule has 14 heavy (non-hydrogen) atoms. The number of hydrogen-bond acceptors (Lipinski definition) is 7. The highest BCUT2D eigenvalue weighted by Crippen LogP contribution is 2.75. The third-order valence-corrected chi connectivity index (χ3v) is 3.23. The second kappa shape index (κ2) is 2.86. The first kappa shape index (κ1) is 10.3. The summed E-state index contributed by atoms with van der Waals surface area (Å²) in [5.41, 5.74) is 0. The van der Waals surface area contributed by atoms with Crippen LogP contribution in [0, 0.1) is 0 Å². The lowest BCUT2D eigenvalue weighted by atomic mass is 10.2. The first-order valence-corrected chi connectivity index (χ1v) is 5.25. The predicted molar refractivity (Wildman–Crippen MR) is 41.8 cm³/mol. The molecule has 1 unspecified atom stereocenters. The molecule has 2 N–H and O–H groups in total. The highest BCUT2D eigenvalue weighted by molar-refractivity contribution is 7.50. The van der Waals surface area contributed by atoms with Crippen LogP contribution in [0.5, 0.6) is 0 Å². The van der Waals surface area contributed by atoms with E-state index in [1.807, 2.05) is 0 Å². The maximum absolute atomic E-state index is 11.1. The van der Waals surface area contributed by atoms with Gasteiger partial charge in [0, 0.05) is 0 Å². The average molecular weight is 224 g/mol. The lowest BCUT2D eigenvalue weighted by Crippen LogP contribution is -2.56. The van der Waals surface area contributed by atoms with Gasteiger partial charge in [0.25, 0.3) is 5.79 Å². The fourth-order valence-electron chi connectivity index (χ4n) is 1.13. The topological polar surface area (TPSA) is 94.5 Å². The van der Waals surface area contributed by atoms with Crippen LogP contribution in [-0.2, 0) is 22.9 Å². The van der Waals surface area contributed by atoms with Gasteiger partial charge >= 0.3 is 13.8 Å². The molecular formula is C6H9O7P. The van der Waals surface area contributed by atoms with Gasteiger partial charge < -0.3 is 14.9 Å². The standard InChI is InChI=1S/C6H9O7P/c1-2-3-10-4-5(7)6(8)12-14(9,11-5)13-6/h2,7-8H,1,3-4H2. The zero-order valence-corrected chi connectivity index (χ0v) is 7.98. The van der Waals surface area contributed by atoms with Crippen LogP contribution < -0.4 is 0 Å². The predicted octanol–water partition coefficient (Wildman–Crippen LogP) is -0.291. The van der Waals surface area contributed by atoms with E-state index in [0.717, 1.165) is 0 Å². The van der Waals surface area contributed by atoms with Crippen LogP contribution >= 0.6 is 7.82 Å². The van der Waals surface area contributed by atoms with E-state index in [-0.39, 0.29) is 6.61 Å². The van der Waals surface area contributed by atoms with E-state index in [2.05, 4.69) is 20.2 Å². The molecule has 0 radical (unpaired) electrons. The number of phosphoric acid groups is 1. The Bertz CT molecular complexity index is 305. The van der Waals surface area contributed by atoms with Gasteiger partial charge in [-0.15, -0.1) is 6.58 Å². The van der Waals surface area contributed by atoms with Crippen molar-refractivity contribution in [2.75, 3.05) is 13.2 Å². The van der Waals surface area contributed by atoms with E-state index in [4.69, 9.17) is 4.74 Å². The van der Waals surface area contributed by atoms with E-state index < -0.39 is 26.2 Å². The van der Waals surface area contributed by atoms with Crippen molar-refractivity contribution in [3.8, 4) is 0 Å². The maximum Gasteiger partial charge on any atom is 0.486 e. The molecule has 1 atom stereocenters. The lowest BCUT2D eigenvalue weighted by molar-refractivity contribution is -0.400. The van der Waals surface area contributed by atoms with Gasteiger partial charge in [0.05, 0.1) is 6.61 Å². The van der Waals surface area contributed by atoms with E-state index in [9.17, 15) is 14.8 Å². The van der Waals surface area contributed by atoms with Crippen LogP contribution in [0.2, 0.25) is 0 Å². The number of aliphatic hydroxyl groups is 2. The van der Waals surface area contributed by atoms with Crippen LogP contribution in [0.25, 0.3) is 0 Å². The number of rotatable bonds is 4. The van der Waals surface area contributed by atoms with Crippen molar-refractivity contribution < 1.29 is 33.1 Å². The summed E-state index contributed by atoms with van der Waals surface area (Å²) in [7, 11) is -3.74. The van der Waals surface area contributed by atoms with E-state index >= 15 is 0 Å². The summed E-state index contributed by atoms with van der Waals surface area (Å²) >= 11 is 0. The molecule has 0 aromatic rings. The molecule has 0 aliphatic carbocycles. The van der Waals surface area contributed by atoms with Gasteiger partial charge in [-0.1, -0.05) is 6.08 Å².